The number of carbonyl (C=O) groups is 2. The predicted octanol–water partition coefficient (Wildman–Crippen LogP) is 1.77. The molecule has 0 bridgehead atoms. The summed E-state index contributed by atoms with van der Waals surface area (Å²) in [5.41, 5.74) is 0.955. The molecule has 2 rings (SSSR count). The van der Waals surface area contributed by atoms with Crippen molar-refractivity contribution in [3.05, 3.63) is 60.1 Å². The van der Waals surface area contributed by atoms with E-state index in [1.54, 1.807) is 19.2 Å². The summed E-state index contributed by atoms with van der Waals surface area (Å²) in [6, 6.07) is 11.8. The van der Waals surface area contributed by atoms with Gasteiger partial charge in [0.2, 0.25) is 5.91 Å². The van der Waals surface area contributed by atoms with Crippen LogP contribution in [-0.2, 0) is 16.0 Å². The summed E-state index contributed by atoms with van der Waals surface area (Å²) in [5.74, 6) is -0.510. The molecule has 1 aromatic heterocycles. The van der Waals surface area contributed by atoms with Crippen molar-refractivity contribution in [2.45, 2.75) is 25.4 Å². The minimum absolute atomic E-state index is 0.152. The molecule has 0 radical (unpaired) electrons. The maximum absolute atomic E-state index is 12.5. The third-order valence-corrected chi connectivity index (χ3v) is 3.45. The number of hydrogen-bond donors (Lipinski definition) is 2. The first-order valence-corrected chi connectivity index (χ1v) is 7.77. The van der Waals surface area contributed by atoms with Gasteiger partial charge in [0.05, 0.1) is 12.9 Å². The van der Waals surface area contributed by atoms with Crippen molar-refractivity contribution >= 4 is 11.8 Å². The Balaban J connectivity index is 2.08. The molecule has 2 N–H and O–H groups in total. The molecule has 128 valence electrons. The number of rotatable bonds is 8. The Kier molecular flexibility index (Phi) is 6.57. The van der Waals surface area contributed by atoms with Crippen molar-refractivity contribution in [1.82, 2.24) is 10.6 Å². The molecular formula is C18H22N2O4. The van der Waals surface area contributed by atoms with E-state index in [1.165, 1.54) is 6.26 Å². The Hall–Kier alpha value is -2.60. The van der Waals surface area contributed by atoms with Gasteiger partial charge in [0, 0.05) is 19.6 Å². The van der Waals surface area contributed by atoms with Gasteiger partial charge in [-0.15, -0.1) is 0 Å². The third-order valence-electron chi connectivity index (χ3n) is 3.45. The zero-order valence-electron chi connectivity index (χ0n) is 13.8. The van der Waals surface area contributed by atoms with Crippen molar-refractivity contribution in [2.75, 3.05) is 13.7 Å². The Morgan fingerprint density at radius 1 is 1.12 bits per heavy atom. The molecule has 2 atom stereocenters. The summed E-state index contributed by atoms with van der Waals surface area (Å²) in [6.45, 7) is 2.24. The molecule has 2 aromatic rings. The fourth-order valence-corrected chi connectivity index (χ4v) is 2.33. The molecule has 6 heteroatoms. The Morgan fingerprint density at radius 2 is 1.88 bits per heavy atom. The lowest BCUT2D eigenvalue weighted by atomic mass is 10.0. The lowest BCUT2D eigenvalue weighted by Gasteiger charge is -2.21. The number of nitrogens with one attached hydrogen (secondary N) is 2. The van der Waals surface area contributed by atoms with Gasteiger partial charge in [-0.1, -0.05) is 30.3 Å². The molecule has 2 unspecified atom stereocenters. The second-order valence-electron chi connectivity index (χ2n) is 5.56. The Labute approximate surface area is 141 Å². The lowest BCUT2D eigenvalue weighted by molar-refractivity contribution is -0.123. The Morgan fingerprint density at radius 3 is 2.50 bits per heavy atom. The molecule has 0 saturated heterocycles. The minimum atomic E-state index is -0.704. The highest BCUT2D eigenvalue weighted by Crippen LogP contribution is 2.06. The van der Waals surface area contributed by atoms with Crippen LogP contribution < -0.4 is 10.6 Å². The van der Waals surface area contributed by atoms with E-state index in [-0.39, 0.29) is 17.7 Å². The van der Waals surface area contributed by atoms with Crippen LogP contribution in [-0.4, -0.2) is 37.6 Å². The van der Waals surface area contributed by atoms with Gasteiger partial charge in [0.25, 0.3) is 5.91 Å². The first kappa shape index (κ1) is 17.7. The van der Waals surface area contributed by atoms with Crippen molar-refractivity contribution in [1.29, 1.82) is 0 Å². The molecule has 0 fully saturated rings. The second kappa shape index (κ2) is 8.88. The average molecular weight is 330 g/mol. The highest BCUT2D eigenvalue weighted by atomic mass is 16.5. The summed E-state index contributed by atoms with van der Waals surface area (Å²) in [4.78, 5) is 24.7. The van der Waals surface area contributed by atoms with Crippen molar-refractivity contribution in [3.63, 3.8) is 0 Å². The molecule has 0 saturated carbocycles. The van der Waals surface area contributed by atoms with Crippen LogP contribution in [0.4, 0.5) is 0 Å². The van der Waals surface area contributed by atoms with E-state index in [9.17, 15) is 9.59 Å². The van der Waals surface area contributed by atoms with Crippen LogP contribution >= 0.6 is 0 Å². The highest BCUT2D eigenvalue weighted by molar-refractivity contribution is 5.95. The molecule has 1 aromatic carbocycles. The van der Waals surface area contributed by atoms with Crippen LogP contribution in [0.15, 0.2) is 53.1 Å². The fraction of sp³-hybridized carbons (Fsp3) is 0.333. The van der Waals surface area contributed by atoms with Gasteiger partial charge in [0.1, 0.15) is 6.04 Å². The summed E-state index contributed by atoms with van der Waals surface area (Å²) >= 11 is 0. The van der Waals surface area contributed by atoms with E-state index in [2.05, 4.69) is 10.6 Å². The molecular weight excluding hydrogens is 308 g/mol. The predicted molar refractivity (Wildman–Crippen MR) is 89.6 cm³/mol. The van der Waals surface area contributed by atoms with Crippen LogP contribution in [0.3, 0.4) is 0 Å². The zero-order chi connectivity index (χ0) is 17.4. The van der Waals surface area contributed by atoms with E-state index in [1.807, 2.05) is 37.3 Å². The summed E-state index contributed by atoms with van der Waals surface area (Å²) in [6.07, 6.45) is 1.81. The van der Waals surface area contributed by atoms with Gasteiger partial charge in [-0.2, -0.15) is 0 Å². The van der Waals surface area contributed by atoms with Crippen LogP contribution in [0.25, 0.3) is 0 Å². The van der Waals surface area contributed by atoms with Gasteiger partial charge < -0.3 is 19.8 Å². The molecule has 0 aliphatic carbocycles. The SMILES string of the molecule is COCC(C)NC(=O)C(Cc1ccccc1)NC(=O)c1ccco1. The largest absolute Gasteiger partial charge is 0.459 e. The summed E-state index contributed by atoms with van der Waals surface area (Å²) in [7, 11) is 1.57. The van der Waals surface area contributed by atoms with Gasteiger partial charge in [-0.3, -0.25) is 9.59 Å². The van der Waals surface area contributed by atoms with Gasteiger partial charge in [-0.25, -0.2) is 0 Å². The number of carbonyl (C=O) groups excluding carboxylic acids is 2. The summed E-state index contributed by atoms with van der Waals surface area (Å²) < 4.78 is 10.1. The fourth-order valence-electron chi connectivity index (χ4n) is 2.33. The number of benzene rings is 1. The molecule has 0 spiro atoms. The number of amides is 2. The van der Waals surface area contributed by atoms with E-state index in [4.69, 9.17) is 9.15 Å². The maximum Gasteiger partial charge on any atom is 0.287 e. The quantitative estimate of drug-likeness (QED) is 0.773. The zero-order valence-corrected chi connectivity index (χ0v) is 13.8. The molecule has 0 aliphatic heterocycles. The normalized spacial score (nSPS) is 13.1. The number of ether oxygens (including phenoxy) is 1. The molecule has 24 heavy (non-hydrogen) atoms. The minimum Gasteiger partial charge on any atom is -0.459 e. The Bertz CT molecular complexity index is 640. The second-order valence-corrected chi connectivity index (χ2v) is 5.56. The van der Waals surface area contributed by atoms with Crippen LogP contribution in [0.5, 0.6) is 0 Å². The standard InChI is InChI=1S/C18H22N2O4/c1-13(12-23-2)19-17(21)15(11-14-7-4-3-5-8-14)20-18(22)16-9-6-10-24-16/h3-10,13,15H,11-12H2,1-2H3,(H,19,21)(H,20,22). The maximum atomic E-state index is 12.5. The lowest BCUT2D eigenvalue weighted by Crippen LogP contribution is -2.50. The van der Waals surface area contributed by atoms with E-state index in [0.29, 0.717) is 13.0 Å². The first-order chi connectivity index (χ1) is 11.6. The number of methoxy groups -OCH3 is 1. The number of furan rings is 1. The van der Waals surface area contributed by atoms with Crippen molar-refractivity contribution in [2.24, 2.45) is 0 Å². The van der Waals surface area contributed by atoms with Crippen LogP contribution in [0, 0.1) is 0 Å². The highest BCUT2D eigenvalue weighted by Gasteiger charge is 2.24. The molecule has 0 aliphatic rings. The van der Waals surface area contributed by atoms with Crippen molar-refractivity contribution < 1.29 is 18.7 Å². The van der Waals surface area contributed by atoms with E-state index >= 15 is 0 Å². The van der Waals surface area contributed by atoms with Crippen LogP contribution in [0.2, 0.25) is 0 Å². The smallest absolute Gasteiger partial charge is 0.287 e. The first-order valence-electron chi connectivity index (χ1n) is 7.77. The van der Waals surface area contributed by atoms with E-state index < -0.39 is 11.9 Å². The number of hydrogen-bond acceptors (Lipinski definition) is 4. The van der Waals surface area contributed by atoms with Crippen molar-refractivity contribution in [3.8, 4) is 0 Å². The monoisotopic (exact) mass is 330 g/mol. The van der Waals surface area contributed by atoms with Gasteiger partial charge in [-0.05, 0) is 24.6 Å². The molecule has 1 heterocycles. The topological polar surface area (TPSA) is 80.6 Å². The van der Waals surface area contributed by atoms with E-state index in [0.717, 1.165) is 5.56 Å². The average Bonchev–Trinajstić information content (AvgIpc) is 3.10. The molecule has 6 nitrogen and oxygen atoms in total. The summed E-state index contributed by atoms with van der Waals surface area (Å²) in [5, 5.41) is 5.57. The van der Waals surface area contributed by atoms with Gasteiger partial charge in [0.15, 0.2) is 5.76 Å². The third kappa shape index (κ3) is 5.24. The van der Waals surface area contributed by atoms with Crippen LogP contribution in [0.1, 0.15) is 23.0 Å². The van der Waals surface area contributed by atoms with Gasteiger partial charge >= 0.3 is 0 Å². The molecule has 2 amide bonds.